The molecule has 1 aliphatic heterocycles. The molecule has 0 aliphatic carbocycles. The molecule has 0 unspecified atom stereocenters. The average Bonchev–Trinajstić information content (AvgIpc) is 2.84. The highest BCUT2D eigenvalue weighted by molar-refractivity contribution is 6.30. The molecule has 0 radical (unpaired) electrons. The van der Waals surface area contributed by atoms with E-state index in [9.17, 15) is 0 Å². The SMILES string of the molecule is Cc1cc(CN2CC[C@@H](Oc3cccc(Cl)c3)C2)nc(C)n1. The van der Waals surface area contributed by atoms with Gasteiger partial charge in [0.15, 0.2) is 0 Å². The van der Waals surface area contributed by atoms with Crippen molar-refractivity contribution in [2.75, 3.05) is 13.1 Å². The van der Waals surface area contributed by atoms with Crippen molar-refractivity contribution in [3.8, 4) is 5.75 Å². The molecule has 5 heteroatoms. The maximum atomic E-state index is 6.01. The minimum absolute atomic E-state index is 0.211. The van der Waals surface area contributed by atoms with E-state index >= 15 is 0 Å². The Morgan fingerprint density at radius 2 is 2.14 bits per heavy atom. The molecule has 22 heavy (non-hydrogen) atoms. The van der Waals surface area contributed by atoms with Crippen molar-refractivity contribution in [1.82, 2.24) is 14.9 Å². The lowest BCUT2D eigenvalue weighted by Gasteiger charge is -2.17. The minimum atomic E-state index is 0.211. The zero-order valence-corrected chi connectivity index (χ0v) is 13.7. The van der Waals surface area contributed by atoms with Gasteiger partial charge >= 0.3 is 0 Å². The molecule has 0 amide bonds. The van der Waals surface area contributed by atoms with Crippen LogP contribution in [0, 0.1) is 13.8 Å². The molecule has 3 rings (SSSR count). The summed E-state index contributed by atoms with van der Waals surface area (Å²) >= 11 is 5.99. The van der Waals surface area contributed by atoms with Gasteiger partial charge in [-0.15, -0.1) is 0 Å². The molecule has 4 nitrogen and oxygen atoms in total. The summed E-state index contributed by atoms with van der Waals surface area (Å²) in [7, 11) is 0. The smallest absolute Gasteiger partial charge is 0.125 e. The first-order valence-corrected chi connectivity index (χ1v) is 7.92. The lowest BCUT2D eigenvalue weighted by Crippen LogP contribution is -2.25. The monoisotopic (exact) mass is 317 g/mol. The summed E-state index contributed by atoms with van der Waals surface area (Å²) in [4.78, 5) is 11.2. The summed E-state index contributed by atoms with van der Waals surface area (Å²) in [6, 6.07) is 9.64. The summed E-state index contributed by atoms with van der Waals surface area (Å²) in [5, 5.41) is 0.708. The Labute approximate surface area is 136 Å². The van der Waals surface area contributed by atoms with Crippen LogP contribution in [0.2, 0.25) is 5.02 Å². The second-order valence-corrected chi connectivity index (χ2v) is 6.21. The molecular formula is C17H20ClN3O. The Bertz CT molecular complexity index is 642. The zero-order valence-electron chi connectivity index (χ0n) is 12.9. The summed E-state index contributed by atoms with van der Waals surface area (Å²) in [6.07, 6.45) is 1.23. The molecule has 0 bridgehead atoms. The summed E-state index contributed by atoms with van der Waals surface area (Å²) in [5.74, 6) is 1.67. The van der Waals surface area contributed by atoms with Crippen LogP contribution < -0.4 is 4.74 Å². The molecule has 1 atom stereocenters. The fourth-order valence-electron chi connectivity index (χ4n) is 2.87. The number of halogens is 1. The quantitative estimate of drug-likeness (QED) is 0.866. The third kappa shape index (κ3) is 3.96. The number of aryl methyl sites for hydroxylation is 2. The fraction of sp³-hybridized carbons (Fsp3) is 0.412. The molecular weight excluding hydrogens is 298 g/mol. The topological polar surface area (TPSA) is 38.2 Å². The van der Waals surface area contributed by atoms with Gasteiger partial charge in [0.1, 0.15) is 17.7 Å². The molecule has 1 aromatic heterocycles. The largest absolute Gasteiger partial charge is 0.489 e. The molecule has 2 aromatic rings. The Hall–Kier alpha value is -1.65. The van der Waals surface area contributed by atoms with Crippen LogP contribution in [-0.2, 0) is 6.54 Å². The Kier molecular flexibility index (Phi) is 4.60. The number of benzene rings is 1. The normalized spacial score (nSPS) is 18.6. The number of hydrogen-bond donors (Lipinski definition) is 0. The predicted molar refractivity (Wildman–Crippen MR) is 87.3 cm³/mol. The summed E-state index contributed by atoms with van der Waals surface area (Å²) in [6.45, 7) is 6.72. The second-order valence-electron chi connectivity index (χ2n) is 5.77. The van der Waals surface area contributed by atoms with E-state index in [1.165, 1.54) is 0 Å². The third-order valence-electron chi connectivity index (χ3n) is 3.73. The Morgan fingerprint density at radius 1 is 1.27 bits per heavy atom. The van der Waals surface area contributed by atoms with E-state index in [0.29, 0.717) is 5.02 Å². The fourth-order valence-corrected chi connectivity index (χ4v) is 3.05. The van der Waals surface area contributed by atoms with E-state index < -0.39 is 0 Å². The molecule has 1 saturated heterocycles. The summed E-state index contributed by atoms with van der Waals surface area (Å²) < 4.78 is 6.01. The van der Waals surface area contributed by atoms with Crippen LogP contribution in [-0.4, -0.2) is 34.1 Å². The lowest BCUT2D eigenvalue weighted by molar-refractivity contribution is 0.198. The van der Waals surface area contributed by atoms with E-state index in [-0.39, 0.29) is 6.10 Å². The number of hydrogen-bond acceptors (Lipinski definition) is 4. The standard InChI is InChI=1S/C17H20ClN3O/c1-12-8-15(20-13(2)19-12)10-21-7-6-17(11-21)22-16-5-3-4-14(18)9-16/h3-5,8-9,17H,6-7,10-11H2,1-2H3/t17-/m1/s1. The first-order chi connectivity index (χ1) is 10.6. The van der Waals surface area contributed by atoms with Crippen molar-refractivity contribution in [1.29, 1.82) is 0 Å². The Balaban J connectivity index is 1.58. The highest BCUT2D eigenvalue weighted by Gasteiger charge is 2.24. The van der Waals surface area contributed by atoms with Crippen molar-refractivity contribution >= 4 is 11.6 Å². The molecule has 1 aliphatic rings. The molecule has 0 saturated carbocycles. The highest BCUT2D eigenvalue weighted by Crippen LogP contribution is 2.22. The van der Waals surface area contributed by atoms with E-state index in [2.05, 4.69) is 20.9 Å². The van der Waals surface area contributed by atoms with Gasteiger partial charge in [0, 0.05) is 30.4 Å². The third-order valence-corrected chi connectivity index (χ3v) is 3.97. The van der Waals surface area contributed by atoms with Gasteiger partial charge in [0.2, 0.25) is 0 Å². The van der Waals surface area contributed by atoms with Gasteiger partial charge in [-0.25, -0.2) is 9.97 Å². The molecule has 0 spiro atoms. The van der Waals surface area contributed by atoms with Crippen LogP contribution in [0.15, 0.2) is 30.3 Å². The number of likely N-dealkylation sites (tertiary alicyclic amines) is 1. The minimum Gasteiger partial charge on any atom is -0.489 e. The van der Waals surface area contributed by atoms with Crippen molar-refractivity contribution in [3.05, 3.63) is 52.6 Å². The van der Waals surface area contributed by atoms with Crippen LogP contribution in [0.25, 0.3) is 0 Å². The van der Waals surface area contributed by atoms with Gasteiger partial charge in [-0.1, -0.05) is 17.7 Å². The van der Waals surface area contributed by atoms with Gasteiger partial charge in [0.05, 0.1) is 5.69 Å². The van der Waals surface area contributed by atoms with Gasteiger partial charge < -0.3 is 4.74 Å². The number of ether oxygens (including phenoxy) is 1. The van der Waals surface area contributed by atoms with Crippen molar-refractivity contribution in [2.45, 2.75) is 32.9 Å². The molecule has 2 heterocycles. The lowest BCUT2D eigenvalue weighted by atomic mass is 10.3. The number of aromatic nitrogens is 2. The first kappa shape index (κ1) is 15.3. The van der Waals surface area contributed by atoms with Gasteiger partial charge in [-0.05, 0) is 44.5 Å². The van der Waals surface area contributed by atoms with Crippen molar-refractivity contribution in [3.63, 3.8) is 0 Å². The molecule has 1 aromatic carbocycles. The molecule has 116 valence electrons. The highest BCUT2D eigenvalue weighted by atomic mass is 35.5. The van der Waals surface area contributed by atoms with Crippen LogP contribution in [0.3, 0.4) is 0 Å². The van der Waals surface area contributed by atoms with Crippen molar-refractivity contribution in [2.24, 2.45) is 0 Å². The number of nitrogens with zero attached hydrogens (tertiary/aromatic N) is 3. The Morgan fingerprint density at radius 3 is 2.91 bits per heavy atom. The van der Waals surface area contributed by atoms with Crippen LogP contribution >= 0.6 is 11.6 Å². The van der Waals surface area contributed by atoms with E-state index in [1.807, 2.05) is 38.1 Å². The summed E-state index contributed by atoms with van der Waals surface area (Å²) in [5.41, 5.74) is 2.10. The van der Waals surface area contributed by atoms with Crippen LogP contribution in [0.5, 0.6) is 5.75 Å². The first-order valence-electron chi connectivity index (χ1n) is 7.54. The average molecular weight is 318 g/mol. The van der Waals surface area contributed by atoms with Gasteiger partial charge in [-0.2, -0.15) is 0 Å². The van der Waals surface area contributed by atoms with Gasteiger partial charge in [-0.3, -0.25) is 4.90 Å². The molecule has 0 N–H and O–H groups in total. The van der Waals surface area contributed by atoms with Crippen LogP contribution in [0.4, 0.5) is 0 Å². The van der Waals surface area contributed by atoms with E-state index in [0.717, 1.165) is 49.0 Å². The predicted octanol–water partition coefficient (Wildman–Crippen LogP) is 3.40. The second kappa shape index (κ2) is 6.63. The van der Waals surface area contributed by atoms with Crippen molar-refractivity contribution < 1.29 is 4.74 Å². The van der Waals surface area contributed by atoms with E-state index in [1.54, 1.807) is 0 Å². The van der Waals surface area contributed by atoms with E-state index in [4.69, 9.17) is 16.3 Å². The maximum absolute atomic E-state index is 6.01. The maximum Gasteiger partial charge on any atom is 0.125 e. The molecule has 1 fully saturated rings. The zero-order chi connectivity index (χ0) is 15.5. The van der Waals surface area contributed by atoms with Gasteiger partial charge in [0.25, 0.3) is 0 Å². The number of rotatable bonds is 4. The van der Waals surface area contributed by atoms with Crippen LogP contribution in [0.1, 0.15) is 23.6 Å².